The molecule has 1 aromatic heterocycles. The molecule has 0 radical (unpaired) electrons. The monoisotopic (exact) mass is 443 g/mol. The number of aromatic nitrogens is 1. The lowest BCUT2D eigenvalue weighted by atomic mass is 10.1. The maximum atomic E-state index is 12.7. The number of hydrogen-bond donors (Lipinski definition) is 2. The molecule has 2 N–H and O–H groups in total. The van der Waals surface area contributed by atoms with Gasteiger partial charge in [-0.15, -0.1) is 0 Å². The molecule has 1 aromatic carbocycles. The number of halogens is 3. The van der Waals surface area contributed by atoms with Crippen molar-refractivity contribution in [2.24, 2.45) is 0 Å². The van der Waals surface area contributed by atoms with Crippen LogP contribution in [0.5, 0.6) is 0 Å². The minimum Gasteiger partial charge on any atom is -0.327 e. The Bertz CT molecular complexity index is 1070. The Kier molecular flexibility index (Phi) is 6.32. The van der Waals surface area contributed by atoms with E-state index in [2.05, 4.69) is 5.32 Å². The molecule has 0 unspecified atom stereocenters. The molecule has 162 valence electrons. The van der Waals surface area contributed by atoms with Crippen LogP contribution in [0.4, 0.5) is 18.9 Å². The van der Waals surface area contributed by atoms with Gasteiger partial charge in [0, 0.05) is 25.7 Å². The SMILES string of the molecule is O=C(CCc1ccc(S(=O)(=O)N2CCCC2)cc1)Nc1cc(C(F)(F)F)c[nH]c1=O. The number of aryl methyl sites for hydroxylation is 1. The van der Waals surface area contributed by atoms with Crippen molar-refractivity contribution in [1.29, 1.82) is 0 Å². The van der Waals surface area contributed by atoms with E-state index in [4.69, 9.17) is 0 Å². The third-order valence-electron chi connectivity index (χ3n) is 4.77. The molecule has 0 bridgehead atoms. The van der Waals surface area contributed by atoms with Gasteiger partial charge in [-0.1, -0.05) is 12.1 Å². The summed E-state index contributed by atoms with van der Waals surface area (Å²) in [5.74, 6) is -0.631. The van der Waals surface area contributed by atoms with Gasteiger partial charge >= 0.3 is 6.18 Å². The molecular formula is C19H20F3N3O4S. The number of carbonyl (C=O) groups excluding carboxylic acids is 1. The van der Waals surface area contributed by atoms with Crippen LogP contribution >= 0.6 is 0 Å². The van der Waals surface area contributed by atoms with Crippen LogP contribution in [0.15, 0.2) is 46.2 Å². The number of H-pyrrole nitrogens is 1. The summed E-state index contributed by atoms with van der Waals surface area (Å²) in [7, 11) is -3.52. The minimum atomic E-state index is -4.65. The van der Waals surface area contributed by atoms with Crippen LogP contribution in [0.3, 0.4) is 0 Å². The normalized spacial score (nSPS) is 15.3. The Balaban J connectivity index is 1.61. The number of carbonyl (C=O) groups is 1. The third-order valence-corrected chi connectivity index (χ3v) is 6.68. The summed E-state index contributed by atoms with van der Waals surface area (Å²) in [5, 5.41) is 2.18. The van der Waals surface area contributed by atoms with E-state index >= 15 is 0 Å². The highest BCUT2D eigenvalue weighted by Crippen LogP contribution is 2.29. The standard InChI is InChI=1S/C19H20F3N3O4S/c20-19(21,22)14-11-16(18(27)23-12-14)24-17(26)8-5-13-3-6-15(7-4-13)30(28,29)25-9-1-2-10-25/h3-4,6-7,11-12H,1-2,5,8-10H2,(H,23,27)(H,24,26). The van der Waals surface area contributed by atoms with Crippen molar-refractivity contribution in [3.63, 3.8) is 0 Å². The number of hydrogen-bond acceptors (Lipinski definition) is 4. The number of anilines is 1. The second kappa shape index (κ2) is 8.60. The van der Waals surface area contributed by atoms with Gasteiger partial charge in [-0.05, 0) is 43.0 Å². The van der Waals surface area contributed by atoms with Crippen molar-refractivity contribution in [2.75, 3.05) is 18.4 Å². The maximum Gasteiger partial charge on any atom is 0.417 e. The zero-order chi connectivity index (χ0) is 21.9. The summed E-state index contributed by atoms with van der Waals surface area (Å²) in [4.78, 5) is 25.8. The summed E-state index contributed by atoms with van der Waals surface area (Å²) in [6.45, 7) is 0.998. The third kappa shape index (κ3) is 5.08. The Hall–Kier alpha value is -2.66. The number of aromatic amines is 1. The zero-order valence-corrected chi connectivity index (χ0v) is 16.6. The molecular weight excluding hydrogens is 423 g/mol. The summed E-state index contributed by atoms with van der Waals surface area (Å²) in [6, 6.07) is 6.70. The molecule has 1 saturated heterocycles. The van der Waals surface area contributed by atoms with Gasteiger partial charge in [0.15, 0.2) is 0 Å². The number of alkyl halides is 3. The first-order valence-electron chi connectivity index (χ1n) is 9.26. The largest absolute Gasteiger partial charge is 0.417 e. The van der Waals surface area contributed by atoms with Crippen molar-refractivity contribution in [3.05, 3.63) is 58.0 Å². The first-order valence-corrected chi connectivity index (χ1v) is 10.7. The summed E-state index contributed by atoms with van der Waals surface area (Å²) >= 11 is 0. The average Bonchev–Trinajstić information content (AvgIpc) is 3.23. The van der Waals surface area contributed by atoms with E-state index in [1.807, 2.05) is 4.98 Å². The van der Waals surface area contributed by atoms with Crippen molar-refractivity contribution >= 4 is 21.6 Å². The van der Waals surface area contributed by atoms with Gasteiger partial charge in [0.25, 0.3) is 5.56 Å². The highest BCUT2D eigenvalue weighted by molar-refractivity contribution is 7.89. The zero-order valence-electron chi connectivity index (χ0n) is 15.8. The number of amides is 1. The fourth-order valence-electron chi connectivity index (χ4n) is 3.12. The average molecular weight is 443 g/mol. The van der Waals surface area contributed by atoms with Crippen LogP contribution in [0.25, 0.3) is 0 Å². The van der Waals surface area contributed by atoms with E-state index in [1.165, 1.54) is 16.4 Å². The van der Waals surface area contributed by atoms with Crippen LogP contribution in [0.2, 0.25) is 0 Å². The van der Waals surface area contributed by atoms with Gasteiger partial charge in [0.2, 0.25) is 15.9 Å². The van der Waals surface area contributed by atoms with E-state index in [9.17, 15) is 31.2 Å². The molecule has 2 heterocycles. The van der Waals surface area contributed by atoms with Crippen molar-refractivity contribution in [3.8, 4) is 0 Å². The maximum absolute atomic E-state index is 12.7. The molecule has 1 aliphatic heterocycles. The predicted molar refractivity (Wildman–Crippen MR) is 103 cm³/mol. The Morgan fingerprint density at radius 3 is 2.37 bits per heavy atom. The van der Waals surface area contributed by atoms with Crippen LogP contribution in [-0.4, -0.2) is 36.7 Å². The minimum absolute atomic E-state index is 0.0894. The topological polar surface area (TPSA) is 99.3 Å². The van der Waals surface area contributed by atoms with Gasteiger partial charge in [0.1, 0.15) is 5.69 Å². The smallest absolute Gasteiger partial charge is 0.327 e. The lowest BCUT2D eigenvalue weighted by molar-refractivity contribution is -0.137. The molecule has 0 spiro atoms. The lowest BCUT2D eigenvalue weighted by Crippen LogP contribution is -2.27. The highest BCUT2D eigenvalue weighted by Gasteiger charge is 2.31. The highest BCUT2D eigenvalue weighted by atomic mass is 32.2. The van der Waals surface area contributed by atoms with Crippen LogP contribution in [0.1, 0.15) is 30.4 Å². The first kappa shape index (κ1) is 22.0. The second-order valence-electron chi connectivity index (χ2n) is 6.93. The molecule has 2 aromatic rings. The van der Waals surface area contributed by atoms with Gasteiger partial charge < -0.3 is 10.3 Å². The van der Waals surface area contributed by atoms with Crippen molar-refractivity contribution in [2.45, 2.75) is 36.8 Å². The molecule has 30 heavy (non-hydrogen) atoms. The fourth-order valence-corrected chi connectivity index (χ4v) is 4.63. The quantitative estimate of drug-likeness (QED) is 0.717. The summed E-state index contributed by atoms with van der Waals surface area (Å²) in [6.07, 6.45) is -2.31. The van der Waals surface area contributed by atoms with E-state index < -0.39 is 38.9 Å². The molecule has 11 heteroatoms. The van der Waals surface area contributed by atoms with Crippen LogP contribution < -0.4 is 10.9 Å². The predicted octanol–water partition coefficient (Wildman–Crippen LogP) is 2.75. The molecule has 3 rings (SSSR count). The van der Waals surface area contributed by atoms with Crippen LogP contribution in [0, 0.1) is 0 Å². The summed E-state index contributed by atoms with van der Waals surface area (Å²) < 4.78 is 64.6. The number of rotatable bonds is 6. The molecule has 0 atom stereocenters. The lowest BCUT2D eigenvalue weighted by Gasteiger charge is -2.15. The van der Waals surface area contributed by atoms with E-state index in [0.717, 1.165) is 12.8 Å². The van der Waals surface area contributed by atoms with E-state index in [1.54, 1.807) is 12.1 Å². The Morgan fingerprint density at radius 1 is 1.13 bits per heavy atom. The Labute approximate surface area is 171 Å². The first-order chi connectivity index (χ1) is 14.1. The molecule has 1 aliphatic rings. The van der Waals surface area contributed by atoms with E-state index in [0.29, 0.717) is 30.9 Å². The molecule has 1 amide bonds. The second-order valence-corrected chi connectivity index (χ2v) is 8.87. The summed E-state index contributed by atoms with van der Waals surface area (Å²) in [5.41, 5.74) is -1.72. The number of sulfonamides is 1. The number of nitrogens with zero attached hydrogens (tertiary/aromatic N) is 1. The van der Waals surface area contributed by atoms with Crippen molar-refractivity contribution < 1.29 is 26.4 Å². The fraction of sp³-hybridized carbons (Fsp3) is 0.368. The van der Waals surface area contributed by atoms with E-state index in [-0.39, 0.29) is 17.7 Å². The molecule has 7 nitrogen and oxygen atoms in total. The number of benzene rings is 1. The van der Waals surface area contributed by atoms with Crippen molar-refractivity contribution in [1.82, 2.24) is 9.29 Å². The Morgan fingerprint density at radius 2 is 1.77 bits per heavy atom. The van der Waals surface area contributed by atoms with Gasteiger partial charge in [-0.2, -0.15) is 17.5 Å². The number of nitrogens with one attached hydrogen (secondary N) is 2. The van der Waals surface area contributed by atoms with Gasteiger partial charge in [-0.3, -0.25) is 9.59 Å². The number of pyridine rings is 1. The van der Waals surface area contributed by atoms with Gasteiger partial charge in [-0.25, -0.2) is 8.42 Å². The molecule has 0 saturated carbocycles. The molecule has 0 aliphatic carbocycles. The van der Waals surface area contributed by atoms with Crippen LogP contribution in [-0.2, 0) is 27.4 Å². The molecule has 1 fully saturated rings. The van der Waals surface area contributed by atoms with Gasteiger partial charge in [0.05, 0.1) is 10.5 Å².